The van der Waals surface area contributed by atoms with Gasteiger partial charge in [-0.25, -0.2) is 0 Å². The molecule has 1 N–H and O–H groups in total. The maximum absolute atomic E-state index is 12.3. The third-order valence-corrected chi connectivity index (χ3v) is 4.57. The van der Waals surface area contributed by atoms with Crippen molar-refractivity contribution in [2.24, 2.45) is 17.3 Å². The van der Waals surface area contributed by atoms with Gasteiger partial charge in [0.1, 0.15) is 0 Å². The number of hydrogen-bond donors (Lipinski definition) is 1. The van der Waals surface area contributed by atoms with Crippen molar-refractivity contribution in [3.05, 3.63) is 0 Å². The third kappa shape index (κ3) is 2.48. The van der Waals surface area contributed by atoms with Crippen LogP contribution in [-0.4, -0.2) is 47.7 Å². The number of likely N-dealkylation sites (tertiary alicyclic amines) is 1. The Bertz CT molecular complexity index is 382. The first-order valence-corrected chi connectivity index (χ1v) is 7.06. The molecule has 0 radical (unpaired) electrons. The minimum absolute atomic E-state index is 0.0321. The number of nitrogens with zero attached hydrogens (tertiary/aromatic N) is 1. The Hall–Kier alpha value is -1.10. The molecule has 0 aromatic rings. The molecule has 2 aliphatic rings. The Morgan fingerprint density at radius 1 is 1.47 bits per heavy atom. The summed E-state index contributed by atoms with van der Waals surface area (Å²) in [5.74, 6) is -0.724. The van der Waals surface area contributed by atoms with Crippen LogP contribution in [0.4, 0.5) is 0 Å². The number of rotatable bonds is 5. The van der Waals surface area contributed by atoms with Gasteiger partial charge in [0, 0.05) is 19.7 Å². The first-order valence-electron chi connectivity index (χ1n) is 7.06. The number of ether oxygens (including phenoxy) is 1. The van der Waals surface area contributed by atoms with E-state index < -0.39 is 11.4 Å². The number of carbonyl (C=O) groups is 2. The maximum Gasteiger partial charge on any atom is 0.311 e. The molecule has 0 aromatic carbocycles. The van der Waals surface area contributed by atoms with Crippen molar-refractivity contribution < 1.29 is 19.4 Å². The van der Waals surface area contributed by atoms with E-state index in [1.54, 1.807) is 4.90 Å². The van der Waals surface area contributed by atoms with E-state index in [2.05, 4.69) is 0 Å². The molecule has 1 saturated carbocycles. The predicted molar refractivity (Wildman–Crippen MR) is 69.6 cm³/mol. The van der Waals surface area contributed by atoms with E-state index in [1.807, 2.05) is 20.8 Å². The number of carboxylic acid groups (broad SMARTS) is 1. The molecule has 2 rings (SSSR count). The molecule has 1 saturated heterocycles. The average molecular weight is 269 g/mol. The van der Waals surface area contributed by atoms with Crippen LogP contribution in [0.2, 0.25) is 0 Å². The highest BCUT2D eigenvalue weighted by molar-refractivity contribution is 5.84. The van der Waals surface area contributed by atoms with E-state index in [0.717, 1.165) is 6.42 Å². The fraction of sp³-hybridized carbons (Fsp3) is 0.857. The van der Waals surface area contributed by atoms with Crippen LogP contribution in [0.25, 0.3) is 0 Å². The molecule has 0 aromatic heterocycles. The van der Waals surface area contributed by atoms with Gasteiger partial charge in [-0.05, 0) is 25.7 Å². The van der Waals surface area contributed by atoms with Crippen molar-refractivity contribution in [3.8, 4) is 0 Å². The zero-order valence-corrected chi connectivity index (χ0v) is 11.9. The Labute approximate surface area is 113 Å². The average Bonchev–Trinajstić information content (AvgIpc) is 2.94. The van der Waals surface area contributed by atoms with E-state index >= 15 is 0 Å². The number of carboxylic acids is 1. The summed E-state index contributed by atoms with van der Waals surface area (Å²) in [4.78, 5) is 25.5. The topological polar surface area (TPSA) is 66.8 Å². The van der Waals surface area contributed by atoms with Crippen LogP contribution in [-0.2, 0) is 14.3 Å². The van der Waals surface area contributed by atoms with Gasteiger partial charge in [-0.15, -0.1) is 0 Å². The van der Waals surface area contributed by atoms with E-state index in [1.165, 1.54) is 0 Å². The molecule has 1 aliphatic carbocycles. The fourth-order valence-corrected chi connectivity index (χ4v) is 2.98. The summed E-state index contributed by atoms with van der Waals surface area (Å²) in [5, 5.41) is 9.46. The molecular weight excluding hydrogens is 246 g/mol. The summed E-state index contributed by atoms with van der Waals surface area (Å²) in [6, 6.07) is 0. The van der Waals surface area contributed by atoms with Crippen LogP contribution in [0, 0.1) is 17.3 Å². The summed E-state index contributed by atoms with van der Waals surface area (Å²) in [6.45, 7) is 7.28. The largest absolute Gasteiger partial charge is 0.481 e. The van der Waals surface area contributed by atoms with E-state index in [0.29, 0.717) is 26.1 Å². The lowest BCUT2D eigenvalue weighted by Crippen LogP contribution is -2.41. The molecule has 1 heterocycles. The SMILES string of the molecule is CCOC1CC1C(=O)N1CCC(C(=O)O)(C(C)C)C1. The van der Waals surface area contributed by atoms with Gasteiger partial charge in [-0.2, -0.15) is 0 Å². The molecular formula is C14H23NO4. The molecule has 0 spiro atoms. The second kappa shape index (κ2) is 5.12. The standard InChI is InChI=1S/C14H23NO4/c1-4-19-11-7-10(11)12(16)15-6-5-14(8-15,9(2)3)13(17)18/h9-11H,4-8H2,1-3H3,(H,17,18). The maximum atomic E-state index is 12.3. The van der Waals surface area contributed by atoms with Crippen molar-refractivity contribution in [1.29, 1.82) is 0 Å². The molecule has 5 nitrogen and oxygen atoms in total. The van der Waals surface area contributed by atoms with Crippen molar-refractivity contribution in [2.75, 3.05) is 19.7 Å². The highest BCUT2D eigenvalue weighted by atomic mass is 16.5. The molecule has 1 amide bonds. The second-order valence-corrected chi connectivity index (χ2v) is 5.96. The molecule has 0 bridgehead atoms. The molecule has 3 atom stereocenters. The van der Waals surface area contributed by atoms with Gasteiger partial charge in [0.05, 0.1) is 17.4 Å². The molecule has 1 aliphatic heterocycles. The Kier molecular flexibility index (Phi) is 3.85. The zero-order valence-electron chi connectivity index (χ0n) is 11.9. The molecule has 5 heteroatoms. The van der Waals surface area contributed by atoms with E-state index in [-0.39, 0.29) is 23.8 Å². The number of carbonyl (C=O) groups excluding carboxylic acids is 1. The number of hydrogen-bond acceptors (Lipinski definition) is 3. The lowest BCUT2D eigenvalue weighted by molar-refractivity contribution is -0.151. The summed E-state index contributed by atoms with van der Waals surface area (Å²) >= 11 is 0. The van der Waals surface area contributed by atoms with Crippen molar-refractivity contribution in [1.82, 2.24) is 4.90 Å². The van der Waals surface area contributed by atoms with Crippen molar-refractivity contribution >= 4 is 11.9 Å². The monoisotopic (exact) mass is 269 g/mol. The summed E-state index contributed by atoms with van der Waals surface area (Å²) < 4.78 is 5.43. The lowest BCUT2D eigenvalue weighted by atomic mass is 9.76. The van der Waals surface area contributed by atoms with Gasteiger partial charge < -0.3 is 14.7 Å². The molecule has 19 heavy (non-hydrogen) atoms. The molecule has 108 valence electrons. The Morgan fingerprint density at radius 3 is 2.63 bits per heavy atom. The van der Waals surface area contributed by atoms with Crippen LogP contribution >= 0.6 is 0 Å². The third-order valence-electron chi connectivity index (χ3n) is 4.57. The number of aliphatic carboxylic acids is 1. The normalized spacial score (nSPS) is 33.8. The number of amides is 1. The fourth-order valence-electron chi connectivity index (χ4n) is 2.98. The van der Waals surface area contributed by atoms with Crippen LogP contribution < -0.4 is 0 Å². The Balaban J connectivity index is 1.98. The summed E-state index contributed by atoms with van der Waals surface area (Å²) in [6.07, 6.45) is 1.39. The van der Waals surface area contributed by atoms with Gasteiger partial charge in [-0.3, -0.25) is 9.59 Å². The van der Waals surface area contributed by atoms with Crippen molar-refractivity contribution in [3.63, 3.8) is 0 Å². The highest BCUT2D eigenvalue weighted by Crippen LogP contribution is 2.42. The first kappa shape index (κ1) is 14.3. The van der Waals surface area contributed by atoms with Crippen LogP contribution in [0.5, 0.6) is 0 Å². The quantitative estimate of drug-likeness (QED) is 0.818. The van der Waals surface area contributed by atoms with E-state index in [4.69, 9.17) is 4.74 Å². The van der Waals surface area contributed by atoms with Gasteiger partial charge >= 0.3 is 5.97 Å². The van der Waals surface area contributed by atoms with Crippen LogP contribution in [0.1, 0.15) is 33.6 Å². The molecule has 3 unspecified atom stereocenters. The second-order valence-electron chi connectivity index (χ2n) is 5.96. The minimum Gasteiger partial charge on any atom is -0.481 e. The summed E-state index contributed by atoms with van der Waals surface area (Å²) in [5.41, 5.74) is -0.772. The summed E-state index contributed by atoms with van der Waals surface area (Å²) in [7, 11) is 0. The van der Waals surface area contributed by atoms with Crippen LogP contribution in [0.15, 0.2) is 0 Å². The van der Waals surface area contributed by atoms with Gasteiger partial charge in [0.25, 0.3) is 0 Å². The highest BCUT2D eigenvalue weighted by Gasteiger charge is 2.52. The van der Waals surface area contributed by atoms with Gasteiger partial charge in [0.15, 0.2) is 0 Å². The van der Waals surface area contributed by atoms with Crippen molar-refractivity contribution in [2.45, 2.75) is 39.7 Å². The smallest absolute Gasteiger partial charge is 0.311 e. The zero-order chi connectivity index (χ0) is 14.2. The van der Waals surface area contributed by atoms with Gasteiger partial charge in [0.2, 0.25) is 5.91 Å². The molecule has 2 fully saturated rings. The predicted octanol–water partition coefficient (Wildman–Crippen LogP) is 1.37. The minimum atomic E-state index is -0.782. The first-order chi connectivity index (χ1) is 8.92. The van der Waals surface area contributed by atoms with Crippen LogP contribution in [0.3, 0.4) is 0 Å². The lowest BCUT2D eigenvalue weighted by Gasteiger charge is -2.28. The Morgan fingerprint density at radius 2 is 2.16 bits per heavy atom. The van der Waals surface area contributed by atoms with Gasteiger partial charge in [-0.1, -0.05) is 13.8 Å². The van der Waals surface area contributed by atoms with E-state index in [9.17, 15) is 14.7 Å².